The van der Waals surface area contributed by atoms with E-state index in [4.69, 9.17) is 0 Å². The Morgan fingerprint density at radius 2 is 1.67 bits per heavy atom. The van der Waals surface area contributed by atoms with Crippen LogP contribution in [0.3, 0.4) is 0 Å². The van der Waals surface area contributed by atoms with Gasteiger partial charge in [-0.2, -0.15) is 0 Å². The van der Waals surface area contributed by atoms with Crippen molar-refractivity contribution in [1.29, 1.82) is 0 Å². The summed E-state index contributed by atoms with van der Waals surface area (Å²) in [6.07, 6.45) is 5.70. The molecule has 0 aromatic heterocycles. The van der Waals surface area contributed by atoms with Crippen molar-refractivity contribution in [2.45, 2.75) is 35.8 Å². The second kappa shape index (κ2) is 3.99. The fraction of sp³-hybridized carbons (Fsp3) is 0.455. The van der Waals surface area contributed by atoms with Gasteiger partial charge in [0.1, 0.15) is 0 Å². The summed E-state index contributed by atoms with van der Waals surface area (Å²) in [5, 5.41) is 0.896. The fourth-order valence-corrected chi connectivity index (χ4v) is 2.97. The van der Waals surface area contributed by atoms with Crippen molar-refractivity contribution in [3.05, 3.63) is 30.3 Å². The Balaban J connectivity index is 1.94. The third kappa shape index (κ3) is 2.04. The summed E-state index contributed by atoms with van der Waals surface area (Å²) in [5.74, 6) is 0. The van der Waals surface area contributed by atoms with Gasteiger partial charge in [0.2, 0.25) is 0 Å². The molecule has 0 heterocycles. The molecule has 0 bridgehead atoms. The van der Waals surface area contributed by atoms with E-state index in [1.807, 2.05) is 0 Å². The van der Waals surface area contributed by atoms with E-state index in [-0.39, 0.29) is 0 Å². The van der Waals surface area contributed by atoms with Gasteiger partial charge in [-0.3, -0.25) is 0 Å². The van der Waals surface area contributed by atoms with Crippen LogP contribution < -0.4 is 0 Å². The van der Waals surface area contributed by atoms with Crippen LogP contribution in [0.5, 0.6) is 0 Å². The molecule has 1 aliphatic rings. The van der Waals surface area contributed by atoms with Crippen LogP contribution in [-0.2, 0) is 0 Å². The molecule has 0 spiro atoms. The summed E-state index contributed by atoms with van der Waals surface area (Å²) in [5.41, 5.74) is 0. The molecule has 0 atom stereocenters. The van der Waals surface area contributed by atoms with Gasteiger partial charge in [-0.15, -0.1) is 11.8 Å². The number of hydrogen-bond acceptors (Lipinski definition) is 1. The number of benzene rings is 1. The van der Waals surface area contributed by atoms with E-state index >= 15 is 0 Å². The van der Waals surface area contributed by atoms with Crippen molar-refractivity contribution in [1.82, 2.24) is 0 Å². The van der Waals surface area contributed by atoms with Crippen LogP contribution in [0.25, 0.3) is 0 Å². The van der Waals surface area contributed by atoms with Gasteiger partial charge in [-0.1, -0.05) is 31.0 Å². The average molecular weight is 178 g/mol. The van der Waals surface area contributed by atoms with Gasteiger partial charge < -0.3 is 0 Å². The summed E-state index contributed by atoms with van der Waals surface area (Å²) in [6.45, 7) is 0. The molecule has 0 amide bonds. The van der Waals surface area contributed by atoms with Gasteiger partial charge in [-0.05, 0) is 25.0 Å². The molecular formula is C11H14S. The lowest BCUT2D eigenvalue weighted by atomic mass is 10.4. The van der Waals surface area contributed by atoms with Crippen LogP contribution >= 0.6 is 11.8 Å². The molecule has 1 aliphatic carbocycles. The van der Waals surface area contributed by atoms with Gasteiger partial charge in [0.15, 0.2) is 0 Å². The highest BCUT2D eigenvalue weighted by Crippen LogP contribution is 2.34. The minimum atomic E-state index is 0.896. The fourth-order valence-electron chi connectivity index (χ4n) is 1.70. The molecule has 2 rings (SSSR count). The normalized spacial score (nSPS) is 18.3. The van der Waals surface area contributed by atoms with E-state index < -0.39 is 0 Å². The van der Waals surface area contributed by atoms with E-state index in [0.29, 0.717) is 0 Å². The highest BCUT2D eigenvalue weighted by Gasteiger charge is 2.15. The smallest absolute Gasteiger partial charge is 0.00944 e. The Morgan fingerprint density at radius 1 is 1.00 bits per heavy atom. The van der Waals surface area contributed by atoms with Crippen LogP contribution in [0.2, 0.25) is 0 Å². The van der Waals surface area contributed by atoms with Gasteiger partial charge in [-0.25, -0.2) is 0 Å². The molecule has 1 aromatic carbocycles. The average Bonchev–Trinajstić information content (AvgIpc) is 2.59. The van der Waals surface area contributed by atoms with Crippen molar-refractivity contribution >= 4 is 11.8 Å². The van der Waals surface area contributed by atoms with Crippen LogP contribution in [0.1, 0.15) is 25.7 Å². The van der Waals surface area contributed by atoms with E-state index in [9.17, 15) is 0 Å². The standard InChI is InChI=1S/C11H14S/c1-2-6-10(7-3-1)12-11-8-4-5-9-11/h1-3,6-7,11H,4-5,8-9H2. The van der Waals surface area contributed by atoms with Crippen molar-refractivity contribution in [2.75, 3.05) is 0 Å². The van der Waals surface area contributed by atoms with Crippen molar-refractivity contribution in [3.63, 3.8) is 0 Å². The zero-order chi connectivity index (χ0) is 8.23. The third-order valence-corrected chi connectivity index (χ3v) is 3.70. The third-order valence-electron chi connectivity index (χ3n) is 2.35. The number of thioether (sulfide) groups is 1. The maximum atomic E-state index is 2.21. The van der Waals surface area contributed by atoms with Gasteiger partial charge in [0, 0.05) is 10.1 Å². The van der Waals surface area contributed by atoms with E-state index in [1.54, 1.807) is 0 Å². The lowest BCUT2D eigenvalue weighted by molar-refractivity contribution is 0.886. The SMILES string of the molecule is c1ccc(SC2CCCC2)cc1. The second-order valence-corrected chi connectivity index (χ2v) is 4.71. The maximum absolute atomic E-state index is 2.21. The van der Waals surface area contributed by atoms with Crippen molar-refractivity contribution in [2.24, 2.45) is 0 Å². The molecule has 64 valence electrons. The summed E-state index contributed by atoms with van der Waals surface area (Å²) in [4.78, 5) is 1.43. The zero-order valence-corrected chi connectivity index (χ0v) is 8.02. The minimum Gasteiger partial charge on any atom is -0.123 e. The lowest BCUT2D eigenvalue weighted by Crippen LogP contribution is -1.92. The Bertz CT molecular complexity index is 224. The first-order valence-electron chi connectivity index (χ1n) is 4.67. The molecule has 12 heavy (non-hydrogen) atoms. The van der Waals surface area contributed by atoms with Crippen LogP contribution in [0.4, 0.5) is 0 Å². The van der Waals surface area contributed by atoms with Crippen LogP contribution in [0, 0.1) is 0 Å². The first-order valence-corrected chi connectivity index (χ1v) is 5.55. The molecular weight excluding hydrogens is 164 g/mol. The molecule has 1 fully saturated rings. The first-order chi connectivity index (χ1) is 5.95. The van der Waals surface area contributed by atoms with Gasteiger partial charge in [0.25, 0.3) is 0 Å². The lowest BCUT2D eigenvalue weighted by Gasteiger charge is -2.07. The zero-order valence-electron chi connectivity index (χ0n) is 7.20. The Hall–Kier alpha value is -0.430. The van der Waals surface area contributed by atoms with Gasteiger partial charge in [0.05, 0.1) is 0 Å². The molecule has 0 radical (unpaired) electrons. The van der Waals surface area contributed by atoms with Crippen LogP contribution in [0.15, 0.2) is 35.2 Å². The number of rotatable bonds is 2. The Kier molecular flexibility index (Phi) is 2.72. The summed E-state index contributed by atoms with van der Waals surface area (Å²) >= 11 is 2.05. The van der Waals surface area contributed by atoms with E-state index in [0.717, 1.165) is 5.25 Å². The molecule has 0 aliphatic heterocycles. The molecule has 0 N–H and O–H groups in total. The predicted octanol–water partition coefficient (Wildman–Crippen LogP) is 3.72. The maximum Gasteiger partial charge on any atom is 0.00944 e. The van der Waals surface area contributed by atoms with Crippen LogP contribution in [-0.4, -0.2) is 5.25 Å². The quantitative estimate of drug-likeness (QED) is 0.665. The second-order valence-electron chi connectivity index (χ2n) is 3.34. The molecule has 1 saturated carbocycles. The summed E-state index contributed by atoms with van der Waals surface area (Å²) < 4.78 is 0. The van der Waals surface area contributed by atoms with Gasteiger partial charge >= 0.3 is 0 Å². The topological polar surface area (TPSA) is 0 Å². The van der Waals surface area contributed by atoms with Crippen molar-refractivity contribution < 1.29 is 0 Å². The highest BCUT2D eigenvalue weighted by atomic mass is 32.2. The van der Waals surface area contributed by atoms with Crippen molar-refractivity contribution in [3.8, 4) is 0 Å². The highest BCUT2D eigenvalue weighted by molar-refractivity contribution is 8.00. The largest absolute Gasteiger partial charge is 0.123 e. The summed E-state index contributed by atoms with van der Waals surface area (Å²) in [6, 6.07) is 10.7. The number of hydrogen-bond donors (Lipinski definition) is 0. The van der Waals surface area contributed by atoms with E-state index in [2.05, 4.69) is 42.1 Å². The molecule has 0 unspecified atom stereocenters. The Labute approximate surface area is 78.4 Å². The first kappa shape index (κ1) is 8.18. The predicted molar refractivity (Wildman–Crippen MR) is 54.6 cm³/mol. The molecule has 1 heteroatoms. The van der Waals surface area contributed by atoms with E-state index in [1.165, 1.54) is 30.6 Å². The monoisotopic (exact) mass is 178 g/mol. The Morgan fingerprint density at radius 3 is 2.33 bits per heavy atom. The summed E-state index contributed by atoms with van der Waals surface area (Å²) in [7, 11) is 0. The molecule has 1 aromatic rings. The molecule has 0 saturated heterocycles. The minimum absolute atomic E-state index is 0.896. The molecule has 0 nitrogen and oxygen atoms in total.